The first kappa shape index (κ1) is 13.5. The van der Waals surface area contributed by atoms with Crippen molar-refractivity contribution in [1.29, 1.82) is 0 Å². The molecular weight excluding hydrogens is 264 g/mol. The molecular formula is C14H12O6. The van der Waals surface area contributed by atoms with Gasteiger partial charge in [-0.1, -0.05) is 30.3 Å². The van der Waals surface area contributed by atoms with Crippen LogP contribution in [0, 0.1) is 0 Å². The van der Waals surface area contributed by atoms with Crippen LogP contribution in [-0.4, -0.2) is 33.3 Å². The van der Waals surface area contributed by atoms with Crippen LogP contribution in [-0.2, 0) is 0 Å². The first-order valence-electron chi connectivity index (χ1n) is 5.62. The van der Waals surface area contributed by atoms with E-state index in [1.165, 1.54) is 12.1 Å². The lowest BCUT2D eigenvalue weighted by molar-refractivity contribution is 0.103. The smallest absolute Gasteiger partial charge is 0.208 e. The topological polar surface area (TPSA) is 107 Å². The van der Waals surface area contributed by atoms with Crippen LogP contribution in [0.4, 0.5) is 0 Å². The maximum absolute atomic E-state index is 12.3. The molecule has 6 heteroatoms. The van der Waals surface area contributed by atoms with E-state index < -0.39 is 40.1 Å². The second-order valence-electron chi connectivity index (χ2n) is 4.00. The molecule has 0 aliphatic heterocycles. The Morgan fingerprint density at radius 3 is 2.00 bits per heavy atom. The molecule has 0 aliphatic rings. The van der Waals surface area contributed by atoms with Crippen molar-refractivity contribution < 1.29 is 30.0 Å². The van der Waals surface area contributed by atoms with E-state index in [1.54, 1.807) is 18.2 Å². The molecule has 0 spiro atoms. The standard InChI is InChI=1S/C14H12O6/c1-20-14-8(9(15)7-5-3-2-4-6-7)10(16)11(17)12(18)13(14)19/h2-6,16-19H,1H3. The number of carbonyl (C=O) groups is 1. The Morgan fingerprint density at radius 1 is 0.900 bits per heavy atom. The fourth-order valence-corrected chi connectivity index (χ4v) is 1.82. The predicted molar refractivity (Wildman–Crippen MR) is 69.5 cm³/mol. The lowest BCUT2D eigenvalue weighted by Crippen LogP contribution is -2.05. The van der Waals surface area contributed by atoms with E-state index in [9.17, 15) is 25.2 Å². The maximum Gasteiger partial charge on any atom is 0.208 e. The number of hydrogen-bond acceptors (Lipinski definition) is 6. The number of phenols is 4. The van der Waals surface area contributed by atoms with Gasteiger partial charge in [-0.15, -0.1) is 0 Å². The van der Waals surface area contributed by atoms with E-state index in [2.05, 4.69) is 0 Å². The Bertz CT molecular complexity index is 663. The third-order valence-corrected chi connectivity index (χ3v) is 2.82. The summed E-state index contributed by atoms with van der Waals surface area (Å²) in [6.45, 7) is 0. The highest BCUT2D eigenvalue weighted by Gasteiger charge is 2.29. The van der Waals surface area contributed by atoms with Crippen molar-refractivity contribution in [2.24, 2.45) is 0 Å². The zero-order chi connectivity index (χ0) is 14.9. The number of phenolic OH excluding ortho intramolecular Hbond substituents is 4. The lowest BCUT2D eigenvalue weighted by Gasteiger charge is -2.14. The third kappa shape index (κ3) is 1.97. The fraction of sp³-hybridized carbons (Fsp3) is 0.0714. The van der Waals surface area contributed by atoms with Gasteiger partial charge in [0.05, 0.1) is 7.11 Å². The van der Waals surface area contributed by atoms with E-state index in [1.807, 2.05) is 0 Å². The number of benzene rings is 2. The molecule has 0 saturated heterocycles. The normalized spacial score (nSPS) is 10.2. The van der Waals surface area contributed by atoms with Gasteiger partial charge >= 0.3 is 0 Å². The Morgan fingerprint density at radius 2 is 1.45 bits per heavy atom. The number of carbonyl (C=O) groups excluding carboxylic acids is 1. The summed E-state index contributed by atoms with van der Waals surface area (Å²) < 4.78 is 4.83. The molecule has 0 atom stereocenters. The van der Waals surface area contributed by atoms with Crippen LogP contribution in [0.1, 0.15) is 15.9 Å². The highest BCUT2D eigenvalue weighted by atomic mass is 16.5. The predicted octanol–water partition coefficient (Wildman–Crippen LogP) is 1.75. The zero-order valence-corrected chi connectivity index (χ0v) is 10.5. The molecule has 0 radical (unpaired) electrons. The molecule has 20 heavy (non-hydrogen) atoms. The average Bonchev–Trinajstić information content (AvgIpc) is 2.48. The van der Waals surface area contributed by atoms with Gasteiger partial charge in [-0.25, -0.2) is 0 Å². The minimum Gasteiger partial charge on any atom is -0.504 e. The molecule has 2 aromatic rings. The van der Waals surface area contributed by atoms with Gasteiger partial charge in [-0.2, -0.15) is 0 Å². The highest BCUT2D eigenvalue weighted by molar-refractivity contribution is 6.13. The molecule has 0 bridgehead atoms. The lowest BCUT2D eigenvalue weighted by atomic mass is 10.00. The quantitative estimate of drug-likeness (QED) is 0.386. The van der Waals surface area contributed by atoms with Crippen molar-refractivity contribution in [2.45, 2.75) is 0 Å². The van der Waals surface area contributed by atoms with Crippen LogP contribution in [0.5, 0.6) is 28.7 Å². The van der Waals surface area contributed by atoms with Crippen molar-refractivity contribution in [3.8, 4) is 28.7 Å². The largest absolute Gasteiger partial charge is 0.504 e. The Hall–Kier alpha value is -2.89. The van der Waals surface area contributed by atoms with Gasteiger partial charge in [0.25, 0.3) is 0 Å². The molecule has 0 saturated carbocycles. The number of methoxy groups -OCH3 is 1. The van der Waals surface area contributed by atoms with E-state index in [4.69, 9.17) is 4.74 Å². The monoisotopic (exact) mass is 276 g/mol. The van der Waals surface area contributed by atoms with Crippen molar-refractivity contribution in [2.75, 3.05) is 7.11 Å². The molecule has 0 unspecified atom stereocenters. The van der Waals surface area contributed by atoms with Crippen molar-refractivity contribution in [3.05, 3.63) is 41.5 Å². The maximum atomic E-state index is 12.3. The van der Waals surface area contributed by atoms with Gasteiger partial charge < -0.3 is 25.2 Å². The first-order chi connectivity index (χ1) is 9.49. The van der Waals surface area contributed by atoms with Crippen molar-refractivity contribution in [1.82, 2.24) is 0 Å². The molecule has 0 aliphatic carbocycles. The fourth-order valence-electron chi connectivity index (χ4n) is 1.82. The molecule has 4 N–H and O–H groups in total. The Balaban J connectivity index is 2.71. The van der Waals surface area contributed by atoms with Crippen LogP contribution >= 0.6 is 0 Å². The molecule has 0 aromatic heterocycles. The molecule has 2 rings (SSSR count). The van der Waals surface area contributed by atoms with Gasteiger partial charge in [-0.3, -0.25) is 4.79 Å². The van der Waals surface area contributed by atoms with Gasteiger partial charge in [0.15, 0.2) is 11.5 Å². The Kier molecular flexibility index (Phi) is 3.39. The number of aromatic hydroxyl groups is 4. The summed E-state index contributed by atoms with van der Waals surface area (Å²) in [4.78, 5) is 12.3. The molecule has 104 valence electrons. The van der Waals surface area contributed by atoms with Crippen LogP contribution in [0.15, 0.2) is 30.3 Å². The second-order valence-corrected chi connectivity index (χ2v) is 4.00. The van der Waals surface area contributed by atoms with Crippen molar-refractivity contribution in [3.63, 3.8) is 0 Å². The summed E-state index contributed by atoms with van der Waals surface area (Å²) in [5, 5.41) is 38.4. The minimum absolute atomic E-state index is 0.227. The van der Waals surface area contributed by atoms with Gasteiger partial charge in [-0.05, 0) is 0 Å². The minimum atomic E-state index is -0.984. The van der Waals surface area contributed by atoms with Gasteiger partial charge in [0.2, 0.25) is 23.0 Å². The summed E-state index contributed by atoms with van der Waals surface area (Å²) in [6.07, 6.45) is 0. The summed E-state index contributed by atoms with van der Waals surface area (Å²) in [6, 6.07) is 7.96. The first-order valence-corrected chi connectivity index (χ1v) is 5.62. The van der Waals surface area contributed by atoms with Gasteiger partial charge in [0, 0.05) is 5.56 Å². The summed E-state index contributed by atoms with van der Waals surface area (Å²) in [5.74, 6) is -4.68. The van der Waals surface area contributed by atoms with E-state index in [0.717, 1.165) is 7.11 Å². The molecule has 0 heterocycles. The number of ketones is 1. The SMILES string of the molecule is COc1c(O)c(O)c(O)c(O)c1C(=O)c1ccccc1. The van der Waals surface area contributed by atoms with Crippen molar-refractivity contribution >= 4 is 5.78 Å². The second kappa shape index (κ2) is 5.00. The van der Waals surface area contributed by atoms with E-state index in [-0.39, 0.29) is 5.56 Å². The number of hydrogen-bond donors (Lipinski definition) is 4. The molecule has 0 amide bonds. The third-order valence-electron chi connectivity index (χ3n) is 2.82. The van der Waals surface area contributed by atoms with Crippen LogP contribution in [0.2, 0.25) is 0 Å². The van der Waals surface area contributed by atoms with Gasteiger partial charge in [0.1, 0.15) is 5.56 Å². The highest BCUT2D eigenvalue weighted by Crippen LogP contribution is 2.51. The molecule has 6 nitrogen and oxygen atoms in total. The Labute approximate surface area is 114 Å². The van der Waals surface area contributed by atoms with E-state index in [0.29, 0.717) is 0 Å². The molecule has 0 fully saturated rings. The van der Waals surface area contributed by atoms with E-state index >= 15 is 0 Å². The average molecular weight is 276 g/mol. The van der Waals surface area contributed by atoms with Crippen LogP contribution in [0.25, 0.3) is 0 Å². The zero-order valence-electron chi connectivity index (χ0n) is 10.5. The van der Waals surface area contributed by atoms with Crippen LogP contribution in [0.3, 0.4) is 0 Å². The molecule has 2 aromatic carbocycles. The van der Waals surface area contributed by atoms with Crippen LogP contribution < -0.4 is 4.74 Å². The summed E-state index contributed by atoms with van der Waals surface area (Å²) >= 11 is 0. The summed E-state index contributed by atoms with van der Waals surface area (Å²) in [7, 11) is 1.16. The summed E-state index contributed by atoms with van der Waals surface area (Å²) in [5.41, 5.74) is -0.197. The number of ether oxygens (including phenoxy) is 1. The number of rotatable bonds is 3.